The van der Waals surface area contributed by atoms with E-state index in [0.717, 1.165) is 45.9 Å². The first kappa shape index (κ1) is 27.9. The van der Waals surface area contributed by atoms with E-state index in [0.29, 0.717) is 0 Å². The molecule has 0 saturated heterocycles. The van der Waals surface area contributed by atoms with Crippen LogP contribution in [0.3, 0.4) is 0 Å². The third-order valence-corrected chi connectivity index (χ3v) is 9.67. The van der Waals surface area contributed by atoms with Crippen molar-refractivity contribution in [3.8, 4) is 11.1 Å². The third-order valence-electron chi connectivity index (χ3n) is 9.67. The summed E-state index contributed by atoms with van der Waals surface area (Å²) >= 11 is 0. The van der Waals surface area contributed by atoms with Crippen LogP contribution in [0, 0.1) is 0 Å². The molecule has 0 unspecified atom stereocenters. The highest BCUT2D eigenvalue weighted by Crippen LogP contribution is 2.47. The summed E-state index contributed by atoms with van der Waals surface area (Å²) in [6.45, 7) is 4.67. The zero-order valence-corrected chi connectivity index (χ0v) is 26.5. The topological polar surface area (TPSA) is 34.2 Å². The average Bonchev–Trinajstić information content (AvgIpc) is 3.64. The van der Waals surface area contributed by atoms with E-state index in [1.54, 1.807) is 0 Å². The Balaban J connectivity index is 1.18. The Morgan fingerprint density at radius 3 is 2.06 bits per heavy atom. The standard InChI is InChI=1S/C45H33N3/c1-30-28-33(48-43-20-9-7-16-36(43)37-17-8-10-21-44(37)48)26-27-47(32-12-3-2-4-13-32)42-25-23-31(29-40(30)42)22-24-39-35-15-6-5-14-34(35)38-18-11-19-41(46)45(38)39/h2-21,23-29H,1,22,46H2/b27-26-,33-28+,39-24-. The van der Waals surface area contributed by atoms with Crippen LogP contribution in [0.5, 0.6) is 0 Å². The maximum absolute atomic E-state index is 6.57. The highest BCUT2D eigenvalue weighted by atomic mass is 15.1. The molecule has 1 aliphatic heterocycles. The molecule has 2 aliphatic rings. The van der Waals surface area contributed by atoms with Gasteiger partial charge in [0.2, 0.25) is 0 Å². The van der Waals surface area contributed by atoms with Crippen molar-refractivity contribution in [2.75, 3.05) is 10.6 Å². The summed E-state index contributed by atoms with van der Waals surface area (Å²) in [4.78, 5) is 2.27. The van der Waals surface area contributed by atoms with Gasteiger partial charge in [0.1, 0.15) is 0 Å². The van der Waals surface area contributed by atoms with E-state index in [9.17, 15) is 0 Å². The van der Waals surface area contributed by atoms with E-state index in [1.807, 2.05) is 12.1 Å². The van der Waals surface area contributed by atoms with E-state index < -0.39 is 0 Å². The van der Waals surface area contributed by atoms with Crippen molar-refractivity contribution in [2.24, 2.45) is 0 Å². The summed E-state index contributed by atoms with van der Waals surface area (Å²) in [5.41, 5.74) is 22.3. The molecule has 2 N–H and O–H groups in total. The fourth-order valence-corrected chi connectivity index (χ4v) is 7.48. The molecule has 0 radical (unpaired) electrons. The maximum atomic E-state index is 6.57. The minimum Gasteiger partial charge on any atom is -0.398 e. The van der Waals surface area contributed by atoms with E-state index in [4.69, 9.17) is 5.73 Å². The van der Waals surface area contributed by atoms with Crippen LogP contribution in [0.2, 0.25) is 0 Å². The SMILES string of the molecule is C=C1/C=C(n2c3ccccc3c3ccccc32)\C=C/N(c2ccccc2)c2ccc(C/C=C3/c4ccccc4-c4cccc(N)c43)cc21. The molecule has 0 bridgehead atoms. The van der Waals surface area contributed by atoms with Crippen LogP contribution in [0.1, 0.15) is 22.3 Å². The Morgan fingerprint density at radius 2 is 1.29 bits per heavy atom. The molecule has 0 spiro atoms. The van der Waals surface area contributed by atoms with Gasteiger partial charge >= 0.3 is 0 Å². The fourth-order valence-electron chi connectivity index (χ4n) is 7.48. The van der Waals surface area contributed by atoms with Crippen LogP contribution >= 0.6 is 0 Å². The summed E-state index contributed by atoms with van der Waals surface area (Å²) < 4.78 is 2.36. The number of rotatable bonds is 4. The van der Waals surface area contributed by atoms with E-state index in [1.165, 1.54) is 49.6 Å². The highest BCUT2D eigenvalue weighted by Gasteiger charge is 2.25. The number of benzene rings is 6. The molecule has 3 nitrogen and oxygen atoms in total. The van der Waals surface area contributed by atoms with Crippen molar-refractivity contribution >= 4 is 55.7 Å². The zero-order chi connectivity index (χ0) is 32.2. The van der Waals surface area contributed by atoms with Crippen molar-refractivity contribution in [1.29, 1.82) is 0 Å². The molecule has 0 amide bonds. The van der Waals surface area contributed by atoms with Gasteiger partial charge in [0, 0.05) is 45.2 Å². The molecular weight excluding hydrogens is 583 g/mol. The first-order chi connectivity index (χ1) is 23.7. The first-order valence-corrected chi connectivity index (χ1v) is 16.4. The van der Waals surface area contributed by atoms with Gasteiger partial charge < -0.3 is 15.2 Å². The lowest BCUT2D eigenvalue weighted by Gasteiger charge is -2.27. The van der Waals surface area contributed by atoms with E-state index in [-0.39, 0.29) is 0 Å². The van der Waals surface area contributed by atoms with Gasteiger partial charge in [-0.05, 0) is 94.4 Å². The van der Waals surface area contributed by atoms with Crippen LogP contribution in [0.4, 0.5) is 17.1 Å². The molecule has 1 aliphatic carbocycles. The van der Waals surface area contributed by atoms with Gasteiger partial charge in [-0.25, -0.2) is 0 Å². The fraction of sp³-hybridized carbons (Fsp3) is 0.0222. The Bertz CT molecular complexity index is 2450. The first-order valence-electron chi connectivity index (χ1n) is 16.4. The molecule has 228 valence electrons. The smallest absolute Gasteiger partial charge is 0.0541 e. The molecule has 9 rings (SSSR count). The molecular formula is C45H33N3. The number of fused-ring (bicyclic) bond motifs is 7. The van der Waals surface area contributed by atoms with E-state index >= 15 is 0 Å². The lowest BCUT2D eigenvalue weighted by Crippen LogP contribution is -2.13. The summed E-state index contributed by atoms with van der Waals surface area (Å²) in [6, 6.07) is 49.4. The minimum absolute atomic E-state index is 0.766. The quantitative estimate of drug-likeness (QED) is 0.200. The summed E-state index contributed by atoms with van der Waals surface area (Å²) in [6.07, 6.45) is 9.72. The maximum Gasteiger partial charge on any atom is 0.0541 e. The van der Waals surface area contributed by atoms with Gasteiger partial charge in [-0.3, -0.25) is 0 Å². The second-order valence-corrected chi connectivity index (χ2v) is 12.5. The number of nitrogen functional groups attached to an aromatic ring is 1. The molecule has 48 heavy (non-hydrogen) atoms. The second kappa shape index (κ2) is 11.2. The number of anilines is 3. The summed E-state index contributed by atoms with van der Waals surface area (Å²) in [7, 11) is 0. The van der Waals surface area contributed by atoms with Crippen molar-refractivity contribution in [3.63, 3.8) is 0 Å². The lowest BCUT2D eigenvalue weighted by molar-refractivity contribution is 1.20. The molecule has 0 saturated carbocycles. The van der Waals surface area contributed by atoms with Crippen LogP contribution in [0.25, 0.3) is 49.8 Å². The molecule has 0 fully saturated rings. The van der Waals surface area contributed by atoms with Crippen molar-refractivity contribution < 1.29 is 0 Å². The van der Waals surface area contributed by atoms with Gasteiger partial charge in [0.15, 0.2) is 0 Å². The number of hydrogen-bond acceptors (Lipinski definition) is 2. The number of nitrogens with two attached hydrogens (primary N) is 1. The normalized spacial score (nSPS) is 16.2. The Kier molecular flexibility index (Phi) is 6.51. The minimum atomic E-state index is 0.766. The van der Waals surface area contributed by atoms with Crippen molar-refractivity contribution in [2.45, 2.75) is 6.42 Å². The van der Waals surface area contributed by atoms with Crippen LogP contribution in [-0.4, -0.2) is 4.57 Å². The van der Waals surface area contributed by atoms with Crippen LogP contribution in [-0.2, 0) is 6.42 Å². The number of hydrogen-bond donors (Lipinski definition) is 1. The van der Waals surface area contributed by atoms with Gasteiger partial charge in [-0.15, -0.1) is 0 Å². The number of aromatic nitrogens is 1. The van der Waals surface area contributed by atoms with Gasteiger partial charge in [0.05, 0.1) is 16.7 Å². The lowest BCUT2D eigenvalue weighted by atomic mass is 9.95. The number of allylic oxidation sites excluding steroid dienone is 5. The predicted octanol–water partition coefficient (Wildman–Crippen LogP) is 11.3. The zero-order valence-electron chi connectivity index (χ0n) is 26.5. The number of nitrogens with zero attached hydrogens (tertiary/aromatic N) is 2. The Morgan fingerprint density at radius 1 is 0.625 bits per heavy atom. The molecule has 0 atom stereocenters. The molecule has 7 aromatic rings. The second-order valence-electron chi connectivity index (χ2n) is 12.5. The average molecular weight is 616 g/mol. The van der Waals surface area contributed by atoms with Crippen molar-refractivity contribution in [3.05, 3.63) is 193 Å². The summed E-state index contributed by atoms with van der Waals surface area (Å²) in [5.74, 6) is 0. The number of para-hydroxylation sites is 3. The summed E-state index contributed by atoms with van der Waals surface area (Å²) in [5, 5.41) is 2.47. The monoisotopic (exact) mass is 615 g/mol. The molecule has 2 heterocycles. The third kappa shape index (κ3) is 4.44. The molecule has 6 aromatic carbocycles. The van der Waals surface area contributed by atoms with E-state index in [2.05, 4.69) is 168 Å². The van der Waals surface area contributed by atoms with Gasteiger partial charge in [-0.2, -0.15) is 0 Å². The largest absolute Gasteiger partial charge is 0.398 e. The predicted molar refractivity (Wildman–Crippen MR) is 204 cm³/mol. The molecule has 1 aromatic heterocycles. The van der Waals surface area contributed by atoms with Gasteiger partial charge in [0.25, 0.3) is 0 Å². The molecule has 3 heteroatoms. The Hall–Kier alpha value is -6.32. The van der Waals surface area contributed by atoms with Crippen molar-refractivity contribution in [1.82, 2.24) is 4.57 Å². The van der Waals surface area contributed by atoms with Gasteiger partial charge in [-0.1, -0.05) is 110 Å². The highest BCUT2D eigenvalue weighted by molar-refractivity contribution is 6.11. The van der Waals surface area contributed by atoms with Crippen LogP contribution < -0.4 is 10.6 Å². The van der Waals surface area contributed by atoms with Crippen LogP contribution in [0.15, 0.2) is 171 Å². The Labute approximate surface area is 280 Å².